The molecule has 20 heavy (non-hydrogen) atoms. The van der Waals surface area contributed by atoms with Crippen LogP contribution >= 0.6 is 15.9 Å². The van der Waals surface area contributed by atoms with Crippen LogP contribution in [0.15, 0.2) is 24.3 Å². The summed E-state index contributed by atoms with van der Waals surface area (Å²) in [5.41, 5.74) is 1.43. The topological polar surface area (TPSA) is 9.23 Å². The Bertz CT molecular complexity index is 453. The van der Waals surface area contributed by atoms with Gasteiger partial charge in [-0.25, -0.2) is 0 Å². The predicted molar refractivity (Wildman–Crippen MR) is 85.2 cm³/mol. The molecule has 2 heteroatoms. The lowest BCUT2D eigenvalue weighted by molar-refractivity contribution is -0.0364. The molecule has 1 atom stereocenters. The molecule has 0 spiro atoms. The Morgan fingerprint density at radius 2 is 1.50 bits per heavy atom. The highest BCUT2D eigenvalue weighted by Crippen LogP contribution is 2.60. The van der Waals surface area contributed by atoms with Gasteiger partial charge in [0, 0.05) is 4.83 Å². The summed E-state index contributed by atoms with van der Waals surface area (Å²) >= 11 is 4.04. The summed E-state index contributed by atoms with van der Waals surface area (Å²) in [6, 6.07) is 8.67. The standard InChI is InChI=1S/C18H23BrO/c1-20-16-4-2-13(3-5-16)18(19)17-14-7-11-6-12(9-14)10-15(17)8-11/h2-5,11-12,14-15,17-18H,6-10H2,1H3. The van der Waals surface area contributed by atoms with Crippen molar-refractivity contribution in [1.82, 2.24) is 0 Å². The quantitative estimate of drug-likeness (QED) is 0.690. The van der Waals surface area contributed by atoms with Gasteiger partial charge in [-0.3, -0.25) is 0 Å². The number of ether oxygens (including phenoxy) is 1. The van der Waals surface area contributed by atoms with Gasteiger partial charge in [-0.05, 0) is 79.4 Å². The number of methoxy groups -OCH3 is 1. The minimum absolute atomic E-state index is 0.531. The van der Waals surface area contributed by atoms with Gasteiger partial charge in [0.05, 0.1) is 7.11 Å². The van der Waals surface area contributed by atoms with E-state index in [1.54, 1.807) is 7.11 Å². The summed E-state index contributed by atoms with van der Waals surface area (Å²) in [5, 5.41) is 0. The molecule has 4 fully saturated rings. The van der Waals surface area contributed by atoms with Crippen molar-refractivity contribution in [1.29, 1.82) is 0 Å². The van der Waals surface area contributed by atoms with E-state index >= 15 is 0 Å². The molecule has 0 radical (unpaired) electrons. The molecule has 0 aromatic heterocycles. The van der Waals surface area contributed by atoms with Crippen LogP contribution in [-0.2, 0) is 0 Å². The Morgan fingerprint density at radius 3 is 2.00 bits per heavy atom. The molecule has 0 N–H and O–H groups in total. The van der Waals surface area contributed by atoms with Crippen LogP contribution in [0.25, 0.3) is 0 Å². The zero-order chi connectivity index (χ0) is 13.7. The molecule has 1 aromatic rings. The largest absolute Gasteiger partial charge is 0.497 e. The highest BCUT2D eigenvalue weighted by atomic mass is 79.9. The summed E-state index contributed by atoms with van der Waals surface area (Å²) in [4.78, 5) is 0.531. The van der Waals surface area contributed by atoms with Crippen LogP contribution in [0.2, 0.25) is 0 Å². The highest BCUT2D eigenvalue weighted by Gasteiger charge is 2.50. The normalized spacial score (nSPS) is 39.8. The van der Waals surface area contributed by atoms with Crippen molar-refractivity contribution in [3.63, 3.8) is 0 Å². The first-order valence-corrected chi connectivity index (χ1v) is 8.94. The fourth-order valence-corrected chi connectivity index (χ4v) is 6.62. The second kappa shape index (κ2) is 5.05. The molecule has 0 amide bonds. The van der Waals surface area contributed by atoms with Gasteiger partial charge >= 0.3 is 0 Å². The molecular formula is C18H23BrO. The van der Waals surface area contributed by atoms with E-state index in [0.29, 0.717) is 4.83 Å². The minimum atomic E-state index is 0.531. The lowest BCUT2D eigenvalue weighted by Crippen LogP contribution is -2.46. The second-order valence-corrected chi connectivity index (χ2v) is 8.17. The molecule has 5 rings (SSSR count). The third-order valence-corrected chi connectivity index (χ3v) is 7.21. The van der Waals surface area contributed by atoms with Crippen molar-refractivity contribution < 1.29 is 4.74 Å². The van der Waals surface area contributed by atoms with Crippen molar-refractivity contribution >= 4 is 15.9 Å². The first-order valence-electron chi connectivity index (χ1n) is 8.02. The lowest BCUT2D eigenvalue weighted by atomic mass is 9.51. The van der Waals surface area contributed by atoms with Gasteiger partial charge in [-0.15, -0.1) is 0 Å². The Hall–Kier alpha value is -0.500. The Labute approximate surface area is 130 Å². The van der Waals surface area contributed by atoms with E-state index in [1.807, 2.05) is 0 Å². The number of hydrogen-bond donors (Lipinski definition) is 0. The summed E-state index contributed by atoms with van der Waals surface area (Å²) in [7, 11) is 1.73. The second-order valence-electron chi connectivity index (χ2n) is 7.18. The van der Waals surface area contributed by atoms with Crippen LogP contribution in [0.3, 0.4) is 0 Å². The van der Waals surface area contributed by atoms with Crippen LogP contribution in [0, 0.1) is 29.6 Å². The van der Waals surface area contributed by atoms with Crippen molar-refractivity contribution in [2.45, 2.75) is 36.9 Å². The number of benzene rings is 1. The maximum atomic E-state index is 5.27. The van der Waals surface area contributed by atoms with E-state index < -0.39 is 0 Å². The highest BCUT2D eigenvalue weighted by molar-refractivity contribution is 9.09. The number of hydrogen-bond acceptors (Lipinski definition) is 1. The zero-order valence-electron chi connectivity index (χ0n) is 12.1. The third-order valence-electron chi connectivity index (χ3n) is 6.07. The summed E-state index contributed by atoms with van der Waals surface area (Å²) < 4.78 is 5.27. The molecule has 4 saturated carbocycles. The third kappa shape index (κ3) is 2.11. The number of rotatable bonds is 3. The smallest absolute Gasteiger partial charge is 0.118 e. The molecule has 0 aliphatic heterocycles. The van der Waals surface area contributed by atoms with Crippen LogP contribution < -0.4 is 4.74 Å². The molecular weight excluding hydrogens is 312 g/mol. The average Bonchev–Trinajstić information content (AvgIpc) is 2.46. The molecule has 1 aromatic carbocycles. The summed E-state index contributed by atoms with van der Waals surface area (Å²) in [6.07, 6.45) is 7.52. The van der Waals surface area contributed by atoms with E-state index in [2.05, 4.69) is 40.2 Å². The Balaban J connectivity index is 1.57. The van der Waals surface area contributed by atoms with E-state index in [4.69, 9.17) is 4.74 Å². The average molecular weight is 335 g/mol. The van der Waals surface area contributed by atoms with Crippen LogP contribution in [0.4, 0.5) is 0 Å². The van der Waals surface area contributed by atoms with Gasteiger partial charge in [0.15, 0.2) is 0 Å². The molecule has 4 bridgehead atoms. The zero-order valence-corrected chi connectivity index (χ0v) is 13.7. The minimum Gasteiger partial charge on any atom is -0.497 e. The van der Waals surface area contributed by atoms with Crippen molar-refractivity contribution in [3.8, 4) is 5.75 Å². The Morgan fingerprint density at radius 1 is 0.950 bits per heavy atom. The van der Waals surface area contributed by atoms with Gasteiger partial charge < -0.3 is 4.74 Å². The van der Waals surface area contributed by atoms with E-state index in [9.17, 15) is 0 Å². The predicted octanol–water partition coefficient (Wildman–Crippen LogP) is 5.20. The molecule has 4 aliphatic rings. The molecule has 0 saturated heterocycles. The fourth-order valence-electron chi connectivity index (χ4n) is 5.46. The van der Waals surface area contributed by atoms with E-state index in [0.717, 1.165) is 35.3 Å². The van der Waals surface area contributed by atoms with Gasteiger partial charge in [0.1, 0.15) is 5.75 Å². The molecule has 1 nitrogen and oxygen atoms in total. The first-order chi connectivity index (χ1) is 9.74. The van der Waals surface area contributed by atoms with Crippen molar-refractivity contribution in [2.75, 3.05) is 7.11 Å². The van der Waals surface area contributed by atoms with Crippen LogP contribution in [0.1, 0.15) is 42.5 Å². The molecule has 1 unspecified atom stereocenters. The summed E-state index contributed by atoms with van der Waals surface area (Å²) in [6.45, 7) is 0. The maximum absolute atomic E-state index is 5.27. The van der Waals surface area contributed by atoms with E-state index in [1.165, 1.54) is 37.7 Å². The molecule has 0 heterocycles. The SMILES string of the molecule is COc1ccc(C(Br)C2C3CC4CC(C3)CC2C4)cc1. The van der Waals surface area contributed by atoms with Gasteiger partial charge in [-0.1, -0.05) is 28.1 Å². The Kier molecular flexibility index (Phi) is 3.33. The molecule has 108 valence electrons. The van der Waals surface area contributed by atoms with Crippen LogP contribution in [-0.4, -0.2) is 7.11 Å². The maximum Gasteiger partial charge on any atom is 0.118 e. The first kappa shape index (κ1) is 13.2. The van der Waals surface area contributed by atoms with Gasteiger partial charge in [-0.2, -0.15) is 0 Å². The summed E-state index contributed by atoms with van der Waals surface area (Å²) in [5.74, 6) is 5.87. The van der Waals surface area contributed by atoms with Crippen molar-refractivity contribution in [3.05, 3.63) is 29.8 Å². The van der Waals surface area contributed by atoms with E-state index in [-0.39, 0.29) is 0 Å². The van der Waals surface area contributed by atoms with Gasteiger partial charge in [0.2, 0.25) is 0 Å². The molecule has 4 aliphatic carbocycles. The van der Waals surface area contributed by atoms with Crippen LogP contribution in [0.5, 0.6) is 5.75 Å². The number of alkyl halides is 1. The fraction of sp³-hybridized carbons (Fsp3) is 0.667. The monoisotopic (exact) mass is 334 g/mol. The van der Waals surface area contributed by atoms with Crippen molar-refractivity contribution in [2.24, 2.45) is 29.6 Å². The lowest BCUT2D eigenvalue weighted by Gasteiger charge is -2.55. The number of halogens is 1. The van der Waals surface area contributed by atoms with Gasteiger partial charge in [0.25, 0.3) is 0 Å².